The van der Waals surface area contributed by atoms with E-state index in [9.17, 15) is 0 Å². The maximum atomic E-state index is 8.86. The van der Waals surface area contributed by atoms with Crippen LogP contribution in [0.15, 0.2) is 48.5 Å². The summed E-state index contributed by atoms with van der Waals surface area (Å²) in [5.41, 5.74) is 4.78. The molecule has 0 fully saturated rings. The second-order valence-electron chi connectivity index (χ2n) is 5.45. The van der Waals surface area contributed by atoms with Crippen LogP contribution in [0.3, 0.4) is 0 Å². The number of fused-ring (bicyclic) bond motifs is 1. The molecule has 0 radical (unpaired) electrons. The van der Waals surface area contributed by atoms with Crippen LogP contribution in [0.5, 0.6) is 0 Å². The predicted octanol–water partition coefficient (Wildman–Crippen LogP) is 3.90. The minimum absolute atomic E-state index is 0.556. The number of para-hydroxylation sites is 1. The van der Waals surface area contributed by atoms with E-state index in [1.54, 1.807) is 0 Å². The average molecular weight is 262 g/mol. The molecule has 0 amide bonds. The molecule has 1 atom stereocenters. The normalized spacial score (nSPS) is 17.4. The Morgan fingerprint density at radius 2 is 1.90 bits per heavy atom. The summed E-state index contributed by atoms with van der Waals surface area (Å²) in [6.45, 7) is 3.20. The van der Waals surface area contributed by atoms with Gasteiger partial charge in [0.15, 0.2) is 0 Å². The monoisotopic (exact) mass is 262 g/mol. The zero-order valence-electron chi connectivity index (χ0n) is 11.7. The van der Waals surface area contributed by atoms with E-state index in [1.165, 1.54) is 29.7 Å². The zero-order valence-corrected chi connectivity index (χ0v) is 11.7. The third kappa shape index (κ3) is 2.40. The van der Waals surface area contributed by atoms with Crippen molar-refractivity contribution in [3.63, 3.8) is 0 Å². The number of nitriles is 1. The number of rotatable bonds is 2. The standard InChI is InChI=1S/C18H18N2/c1-14-6-11-17-4-2-3-5-18(17)20(14)13-16-9-7-15(12-19)8-10-16/h2-5,7-10,14H,6,11,13H2,1H3/t14-/m0/s1. The smallest absolute Gasteiger partial charge is 0.0991 e. The number of anilines is 1. The molecular formula is C18H18N2. The van der Waals surface area contributed by atoms with Gasteiger partial charge in [0.05, 0.1) is 11.6 Å². The molecule has 3 rings (SSSR count). The van der Waals surface area contributed by atoms with Gasteiger partial charge in [0, 0.05) is 18.3 Å². The van der Waals surface area contributed by atoms with Gasteiger partial charge >= 0.3 is 0 Å². The summed E-state index contributed by atoms with van der Waals surface area (Å²) in [6.07, 6.45) is 2.37. The van der Waals surface area contributed by atoms with Gasteiger partial charge in [-0.3, -0.25) is 0 Å². The van der Waals surface area contributed by atoms with Crippen LogP contribution in [0.2, 0.25) is 0 Å². The van der Waals surface area contributed by atoms with Crippen LogP contribution in [0, 0.1) is 11.3 Å². The van der Waals surface area contributed by atoms with Crippen molar-refractivity contribution in [2.24, 2.45) is 0 Å². The van der Waals surface area contributed by atoms with Gasteiger partial charge in [0.2, 0.25) is 0 Å². The van der Waals surface area contributed by atoms with Crippen LogP contribution in [0.25, 0.3) is 0 Å². The molecule has 2 nitrogen and oxygen atoms in total. The van der Waals surface area contributed by atoms with Crippen molar-refractivity contribution in [3.8, 4) is 6.07 Å². The fraction of sp³-hybridized carbons (Fsp3) is 0.278. The quantitative estimate of drug-likeness (QED) is 0.820. The molecule has 1 heterocycles. The SMILES string of the molecule is C[C@H]1CCc2ccccc2N1Cc1ccc(C#N)cc1. The fourth-order valence-corrected chi connectivity index (χ4v) is 2.88. The summed E-state index contributed by atoms with van der Waals surface area (Å²) in [5, 5.41) is 8.86. The Morgan fingerprint density at radius 1 is 1.15 bits per heavy atom. The second-order valence-corrected chi connectivity index (χ2v) is 5.45. The maximum absolute atomic E-state index is 8.86. The van der Waals surface area contributed by atoms with Gasteiger partial charge < -0.3 is 4.90 Å². The first kappa shape index (κ1) is 12.7. The first-order valence-electron chi connectivity index (χ1n) is 7.11. The van der Waals surface area contributed by atoms with Crippen LogP contribution in [0.1, 0.15) is 30.0 Å². The molecule has 1 aliphatic heterocycles. The highest BCUT2D eigenvalue weighted by molar-refractivity contribution is 5.56. The van der Waals surface area contributed by atoms with Crippen LogP contribution < -0.4 is 4.90 Å². The average Bonchev–Trinajstić information content (AvgIpc) is 2.51. The zero-order chi connectivity index (χ0) is 13.9. The Hall–Kier alpha value is -2.27. The lowest BCUT2D eigenvalue weighted by Gasteiger charge is -2.37. The third-order valence-electron chi connectivity index (χ3n) is 4.10. The lowest BCUT2D eigenvalue weighted by Crippen LogP contribution is -2.36. The molecule has 0 unspecified atom stereocenters. The molecule has 0 saturated carbocycles. The Kier molecular flexibility index (Phi) is 3.43. The summed E-state index contributed by atoms with van der Waals surface area (Å²) >= 11 is 0. The van der Waals surface area contributed by atoms with Crippen molar-refractivity contribution in [2.45, 2.75) is 32.4 Å². The largest absolute Gasteiger partial charge is 0.364 e. The van der Waals surface area contributed by atoms with Gasteiger partial charge in [0.25, 0.3) is 0 Å². The Balaban J connectivity index is 1.87. The van der Waals surface area contributed by atoms with Gasteiger partial charge in [0.1, 0.15) is 0 Å². The lowest BCUT2D eigenvalue weighted by atomic mass is 9.96. The maximum Gasteiger partial charge on any atom is 0.0991 e. The minimum atomic E-state index is 0.556. The summed E-state index contributed by atoms with van der Waals surface area (Å²) < 4.78 is 0. The van der Waals surface area contributed by atoms with Crippen molar-refractivity contribution in [1.29, 1.82) is 5.26 Å². The molecule has 20 heavy (non-hydrogen) atoms. The van der Waals surface area contributed by atoms with E-state index in [-0.39, 0.29) is 0 Å². The number of hydrogen-bond donors (Lipinski definition) is 0. The summed E-state index contributed by atoms with van der Waals surface area (Å²) in [5.74, 6) is 0. The number of nitrogens with zero attached hydrogens (tertiary/aromatic N) is 2. The van der Waals surface area contributed by atoms with E-state index in [2.05, 4.69) is 54.3 Å². The molecule has 1 aliphatic rings. The van der Waals surface area contributed by atoms with Gasteiger partial charge in [-0.15, -0.1) is 0 Å². The number of hydrogen-bond acceptors (Lipinski definition) is 2. The number of aryl methyl sites for hydroxylation is 1. The van der Waals surface area contributed by atoms with Crippen molar-refractivity contribution in [2.75, 3.05) is 4.90 Å². The molecule has 2 aromatic carbocycles. The van der Waals surface area contributed by atoms with E-state index in [1.807, 2.05) is 12.1 Å². The summed E-state index contributed by atoms with van der Waals surface area (Å²) in [6, 6.07) is 19.3. The summed E-state index contributed by atoms with van der Waals surface area (Å²) in [4.78, 5) is 2.47. The van der Waals surface area contributed by atoms with Gasteiger partial charge in [-0.25, -0.2) is 0 Å². The first-order chi connectivity index (χ1) is 9.78. The first-order valence-corrected chi connectivity index (χ1v) is 7.11. The molecule has 0 bridgehead atoms. The van der Waals surface area contributed by atoms with E-state index >= 15 is 0 Å². The Bertz CT molecular complexity index is 637. The molecule has 100 valence electrons. The molecular weight excluding hydrogens is 244 g/mol. The van der Waals surface area contributed by atoms with Crippen molar-refractivity contribution in [3.05, 3.63) is 65.2 Å². The summed E-state index contributed by atoms with van der Waals surface area (Å²) in [7, 11) is 0. The van der Waals surface area contributed by atoms with Crippen LogP contribution in [-0.2, 0) is 13.0 Å². The molecule has 0 aliphatic carbocycles. The minimum Gasteiger partial charge on any atom is -0.364 e. The van der Waals surface area contributed by atoms with Crippen LogP contribution in [-0.4, -0.2) is 6.04 Å². The van der Waals surface area contributed by atoms with Crippen molar-refractivity contribution in [1.82, 2.24) is 0 Å². The van der Waals surface area contributed by atoms with Gasteiger partial charge in [-0.05, 0) is 49.1 Å². The highest BCUT2D eigenvalue weighted by Crippen LogP contribution is 2.31. The van der Waals surface area contributed by atoms with Crippen LogP contribution in [0.4, 0.5) is 5.69 Å². The Labute approximate surface area is 120 Å². The molecule has 2 heteroatoms. The van der Waals surface area contributed by atoms with Crippen molar-refractivity contribution < 1.29 is 0 Å². The highest BCUT2D eigenvalue weighted by atomic mass is 15.2. The lowest BCUT2D eigenvalue weighted by molar-refractivity contribution is 0.560. The van der Waals surface area contributed by atoms with Crippen LogP contribution >= 0.6 is 0 Å². The molecule has 0 spiro atoms. The number of benzene rings is 2. The third-order valence-corrected chi connectivity index (χ3v) is 4.10. The van der Waals surface area contributed by atoms with E-state index in [0.29, 0.717) is 6.04 Å². The van der Waals surface area contributed by atoms with E-state index in [4.69, 9.17) is 5.26 Å². The second kappa shape index (κ2) is 5.38. The fourth-order valence-electron chi connectivity index (χ4n) is 2.88. The predicted molar refractivity (Wildman–Crippen MR) is 81.6 cm³/mol. The molecule has 0 aromatic heterocycles. The molecule has 0 N–H and O–H groups in total. The Morgan fingerprint density at radius 3 is 2.65 bits per heavy atom. The van der Waals surface area contributed by atoms with Crippen molar-refractivity contribution >= 4 is 5.69 Å². The molecule has 2 aromatic rings. The highest BCUT2D eigenvalue weighted by Gasteiger charge is 2.22. The van der Waals surface area contributed by atoms with Gasteiger partial charge in [-0.1, -0.05) is 30.3 Å². The van der Waals surface area contributed by atoms with Gasteiger partial charge in [-0.2, -0.15) is 5.26 Å². The molecule has 0 saturated heterocycles. The topological polar surface area (TPSA) is 27.0 Å². The van der Waals surface area contributed by atoms with E-state index < -0.39 is 0 Å². The van der Waals surface area contributed by atoms with E-state index in [0.717, 1.165) is 12.1 Å².